The Morgan fingerprint density at radius 2 is 1.65 bits per heavy atom. The molecule has 1 aromatic heterocycles. The summed E-state index contributed by atoms with van der Waals surface area (Å²) in [5, 5.41) is 11.3. The van der Waals surface area contributed by atoms with E-state index in [1.54, 1.807) is 0 Å². The van der Waals surface area contributed by atoms with E-state index in [-0.39, 0.29) is 0 Å². The van der Waals surface area contributed by atoms with Gasteiger partial charge in [0, 0.05) is 11.8 Å². The van der Waals surface area contributed by atoms with Crippen LogP contribution < -0.4 is 5.32 Å². The van der Waals surface area contributed by atoms with Crippen LogP contribution in [0, 0.1) is 0 Å². The summed E-state index contributed by atoms with van der Waals surface area (Å²) in [6, 6.07) is 0. The number of hydrogen-bond acceptors (Lipinski definition) is 4. The number of aryl methyl sites for hydroxylation is 2. The van der Waals surface area contributed by atoms with Gasteiger partial charge in [0.05, 0.1) is 16.9 Å². The van der Waals surface area contributed by atoms with Crippen molar-refractivity contribution in [2.45, 2.75) is 39.2 Å². The van der Waals surface area contributed by atoms with Crippen LogP contribution in [0.4, 0.5) is 5.95 Å². The Morgan fingerprint density at radius 3 is 2.12 bits per heavy atom. The first-order valence-corrected chi connectivity index (χ1v) is 6.78. The van der Waals surface area contributed by atoms with Crippen molar-refractivity contribution < 1.29 is 0 Å². The van der Waals surface area contributed by atoms with Crippen LogP contribution >= 0.6 is 23.2 Å². The molecule has 96 valence electrons. The lowest BCUT2D eigenvalue weighted by Crippen LogP contribution is -2.39. The molecule has 0 amide bonds. The fourth-order valence-corrected chi connectivity index (χ4v) is 1.78. The first kappa shape index (κ1) is 14.5. The average molecular weight is 277 g/mol. The van der Waals surface area contributed by atoms with E-state index in [2.05, 4.69) is 27.4 Å². The van der Waals surface area contributed by atoms with Crippen molar-refractivity contribution in [1.29, 1.82) is 0 Å². The topological polar surface area (TPSA) is 50.7 Å². The van der Waals surface area contributed by atoms with Gasteiger partial charge in [0.15, 0.2) is 0 Å². The molecule has 0 radical (unpaired) electrons. The highest BCUT2D eigenvalue weighted by molar-refractivity contribution is 6.22. The maximum atomic E-state index is 5.87. The van der Waals surface area contributed by atoms with E-state index in [4.69, 9.17) is 23.2 Å². The number of rotatable bonds is 6. The number of nitrogens with zero attached hydrogens (tertiary/aromatic N) is 3. The fourth-order valence-electron chi connectivity index (χ4n) is 1.36. The van der Waals surface area contributed by atoms with Gasteiger partial charge in [0.2, 0.25) is 5.95 Å². The van der Waals surface area contributed by atoms with Gasteiger partial charge in [-0.2, -0.15) is 5.10 Å². The highest BCUT2D eigenvalue weighted by Crippen LogP contribution is 2.16. The number of alkyl halides is 2. The molecular weight excluding hydrogens is 259 g/mol. The van der Waals surface area contributed by atoms with Crippen LogP contribution in [0.2, 0.25) is 0 Å². The molecular formula is C11H18Cl2N4. The van der Waals surface area contributed by atoms with E-state index >= 15 is 0 Å². The second-order valence-electron chi connectivity index (χ2n) is 4.19. The molecule has 0 bridgehead atoms. The lowest BCUT2D eigenvalue weighted by atomic mass is 10.1. The van der Waals surface area contributed by atoms with E-state index in [0.29, 0.717) is 17.7 Å². The van der Waals surface area contributed by atoms with E-state index in [0.717, 1.165) is 24.2 Å². The molecule has 1 N–H and O–H groups in total. The molecule has 1 heterocycles. The van der Waals surface area contributed by atoms with Crippen molar-refractivity contribution in [3.8, 4) is 0 Å². The molecule has 0 spiro atoms. The highest BCUT2D eigenvalue weighted by Gasteiger charge is 2.23. The molecule has 0 aliphatic heterocycles. The van der Waals surface area contributed by atoms with Gasteiger partial charge in [-0.3, -0.25) is 0 Å². The lowest BCUT2D eigenvalue weighted by molar-refractivity contribution is 0.633. The third-order valence-electron chi connectivity index (χ3n) is 2.51. The molecule has 1 aromatic rings. The number of halogens is 2. The summed E-state index contributed by atoms with van der Waals surface area (Å²) < 4.78 is 0. The van der Waals surface area contributed by atoms with Crippen molar-refractivity contribution in [2.24, 2.45) is 0 Å². The summed E-state index contributed by atoms with van der Waals surface area (Å²) in [6.45, 7) is 6.02. The molecule has 0 saturated carbocycles. The third kappa shape index (κ3) is 3.68. The fraction of sp³-hybridized carbons (Fsp3) is 0.727. The molecule has 0 atom stereocenters. The number of aromatic nitrogens is 3. The Bertz CT molecular complexity index is 366. The van der Waals surface area contributed by atoms with Crippen LogP contribution in [0.3, 0.4) is 0 Å². The van der Waals surface area contributed by atoms with Gasteiger partial charge in [-0.1, -0.05) is 13.8 Å². The molecule has 6 heteroatoms. The minimum atomic E-state index is -0.413. The van der Waals surface area contributed by atoms with E-state index < -0.39 is 5.54 Å². The van der Waals surface area contributed by atoms with Crippen molar-refractivity contribution in [3.63, 3.8) is 0 Å². The van der Waals surface area contributed by atoms with Gasteiger partial charge in [0.25, 0.3) is 0 Å². The summed E-state index contributed by atoms with van der Waals surface area (Å²) in [6.07, 6.45) is 1.68. The zero-order valence-electron chi connectivity index (χ0n) is 10.4. The van der Waals surface area contributed by atoms with E-state index in [9.17, 15) is 0 Å². The summed E-state index contributed by atoms with van der Waals surface area (Å²) in [7, 11) is 0. The van der Waals surface area contributed by atoms with Gasteiger partial charge in [-0.25, -0.2) is 4.98 Å². The minimum absolute atomic E-state index is 0.386. The second kappa shape index (κ2) is 6.36. The number of nitrogens with one attached hydrogen (secondary N) is 1. The summed E-state index contributed by atoms with van der Waals surface area (Å²) in [5.74, 6) is 1.26. The maximum Gasteiger partial charge on any atom is 0.243 e. The molecule has 17 heavy (non-hydrogen) atoms. The second-order valence-corrected chi connectivity index (χ2v) is 4.72. The highest BCUT2D eigenvalue weighted by atomic mass is 35.5. The molecule has 4 nitrogen and oxygen atoms in total. The van der Waals surface area contributed by atoms with Crippen molar-refractivity contribution >= 4 is 29.2 Å². The van der Waals surface area contributed by atoms with Crippen LogP contribution in [0.15, 0.2) is 0 Å². The lowest BCUT2D eigenvalue weighted by Gasteiger charge is -2.25. The van der Waals surface area contributed by atoms with E-state index in [1.807, 2.05) is 13.8 Å². The summed E-state index contributed by atoms with van der Waals surface area (Å²) >= 11 is 11.7. The SMILES string of the molecule is CCc1nnc(NC(C)(CCl)CCl)nc1CC. The molecule has 0 unspecified atom stereocenters. The maximum absolute atomic E-state index is 5.87. The summed E-state index contributed by atoms with van der Waals surface area (Å²) in [4.78, 5) is 4.44. The monoisotopic (exact) mass is 276 g/mol. The zero-order valence-corrected chi connectivity index (χ0v) is 11.9. The first-order valence-electron chi connectivity index (χ1n) is 5.71. The predicted molar refractivity (Wildman–Crippen MR) is 72.1 cm³/mol. The molecule has 0 fully saturated rings. The quantitative estimate of drug-likeness (QED) is 0.812. The predicted octanol–water partition coefficient (Wildman–Crippen LogP) is 2.64. The Labute approximate surface area is 112 Å². The van der Waals surface area contributed by atoms with Crippen LogP contribution in [-0.2, 0) is 12.8 Å². The molecule has 0 aliphatic rings. The number of hydrogen-bond donors (Lipinski definition) is 1. The smallest absolute Gasteiger partial charge is 0.243 e. The van der Waals surface area contributed by atoms with Gasteiger partial charge in [-0.15, -0.1) is 28.3 Å². The van der Waals surface area contributed by atoms with Gasteiger partial charge >= 0.3 is 0 Å². The summed E-state index contributed by atoms with van der Waals surface area (Å²) in [5.41, 5.74) is 1.50. The largest absolute Gasteiger partial charge is 0.345 e. The van der Waals surface area contributed by atoms with Crippen LogP contribution in [-0.4, -0.2) is 32.5 Å². The Kier molecular flexibility index (Phi) is 5.40. The Hall–Kier alpha value is -0.610. The molecule has 1 rings (SSSR count). The van der Waals surface area contributed by atoms with Crippen LogP contribution in [0.5, 0.6) is 0 Å². The van der Waals surface area contributed by atoms with Gasteiger partial charge in [0.1, 0.15) is 0 Å². The van der Waals surface area contributed by atoms with Gasteiger partial charge in [-0.05, 0) is 19.8 Å². The van der Waals surface area contributed by atoms with Gasteiger partial charge < -0.3 is 5.32 Å². The first-order chi connectivity index (χ1) is 8.08. The van der Waals surface area contributed by atoms with Crippen molar-refractivity contribution in [3.05, 3.63) is 11.4 Å². The van der Waals surface area contributed by atoms with Crippen molar-refractivity contribution in [1.82, 2.24) is 15.2 Å². The normalized spacial score (nSPS) is 11.6. The molecule has 0 aliphatic carbocycles. The van der Waals surface area contributed by atoms with Crippen LogP contribution in [0.25, 0.3) is 0 Å². The zero-order chi connectivity index (χ0) is 12.9. The van der Waals surface area contributed by atoms with E-state index in [1.165, 1.54) is 0 Å². The molecule has 0 saturated heterocycles. The Morgan fingerprint density at radius 1 is 1.06 bits per heavy atom. The van der Waals surface area contributed by atoms with Crippen LogP contribution in [0.1, 0.15) is 32.2 Å². The average Bonchev–Trinajstić information content (AvgIpc) is 2.38. The molecule has 0 aromatic carbocycles. The minimum Gasteiger partial charge on any atom is -0.345 e. The van der Waals surface area contributed by atoms with Crippen molar-refractivity contribution in [2.75, 3.05) is 17.1 Å². The Balaban J connectivity index is 2.93. The third-order valence-corrected chi connectivity index (χ3v) is 3.69. The standard InChI is InChI=1S/C11H18Cl2N4/c1-4-8-9(5-2)16-17-10(14-8)15-11(3,6-12)7-13/h4-7H2,1-3H3,(H,14,15,17). The number of anilines is 1.